The molecule has 6 heteroatoms. The first-order chi connectivity index (χ1) is 9.27. The highest BCUT2D eigenvalue weighted by Gasteiger charge is 2.16. The highest BCUT2D eigenvalue weighted by Crippen LogP contribution is 2.32. The molecule has 3 rings (SSSR count). The maximum Gasteiger partial charge on any atom is 0.190 e. The summed E-state index contributed by atoms with van der Waals surface area (Å²) in [5.74, 6) is 0.523. The van der Waals surface area contributed by atoms with E-state index in [1.807, 2.05) is 30.3 Å². The molecule has 0 spiro atoms. The summed E-state index contributed by atoms with van der Waals surface area (Å²) in [6, 6.07) is 14.9. The van der Waals surface area contributed by atoms with Gasteiger partial charge in [0.25, 0.3) is 0 Å². The maximum absolute atomic E-state index is 6.19. The largest absolute Gasteiger partial charge is 0.398 e. The summed E-state index contributed by atoms with van der Waals surface area (Å²) in [4.78, 5) is 0. The van der Waals surface area contributed by atoms with Crippen molar-refractivity contribution in [2.24, 2.45) is 0 Å². The Bertz CT molecular complexity index is 688. The molecule has 1 heterocycles. The molecule has 0 radical (unpaired) electrons. The Morgan fingerprint density at radius 1 is 1.00 bits per heavy atom. The smallest absolute Gasteiger partial charge is 0.190 e. The van der Waals surface area contributed by atoms with E-state index in [0.717, 1.165) is 5.69 Å². The van der Waals surface area contributed by atoms with Crippen molar-refractivity contribution in [1.82, 2.24) is 20.2 Å². The fourth-order valence-corrected chi connectivity index (χ4v) is 2.13. The first-order valence-corrected chi connectivity index (χ1v) is 6.03. The van der Waals surface area contributed by atoms with Crippen molar-refractivity contribution in [3.05, 3.63) is 53.6 Å². The van der Waals surface area contributed by atoms with Gasteiger partial charge in [0.05, 0.1) is 16.3 Å². The molecule has 0 bridgehead atoms. The first-order valence-electron chi connectivity index (χ1n) is 5.65. The molecule has 2 N–H and O–H groups in total. The van der Waals surface area contributed by atoms with E-state index in [-0.39, 0.29) is 0 Å². The van der Waals surface area contributed by atoms with Crippen molar-refractivity contribution >= 4 is 17.3 Å². The second-order valence-electron chi connectivity index (χ2n) is 3.95. The third kappa shape index (κ3) is 2.04. The number of hydrogen-bond donors (Lipinski definition) is 1. The average Bonchev–Trinajstić information content (AvgIpc) is 2.89. The minimum absolute atomic E-state index is 0.520. The maximum atomic E-state index is 6.19. The molecule has 0 aliphatic rings. The van der Waals surface area contributed by atoms with E-state index in [0.29, 0.717) is 22.1 Å². The van der Waals surface area contributed by atoms with Crippen LogP contribution in [0.4, 0.5) is 5.69 Å². The number of nitrogens with zero attached hydrogens (tertiary/aromatic N) is 4. The van der Waals surface area contributed by atoms with Crippen LogP contribution in [0.2, 0.25) is 5.02 Å². The lowest BCUT2D eigenvalue weighted by molar-refractivity contribution is 0.791. The van der Waals surface area contributed by atoms with E-state index in [4.69, 9.17) is 17.3 Å². The number of para-hydroxylation sites is 1. The summed E-state index contributed by atoms with van der Waals surface area (Å²) in [5, 5.41) is 12.2. The summed E-state index contributed by atoms with van der Waals surface area (Å²) >= 11 is 6.19. The SMILES string of the molecule is Nc1cccc(Cl)c1-c1nnnn1-c1ccccc1. The predicted octanol–water partition coefficient (Wildman–Crippen LogP) is 2.56. The number of nitrogens with two attached hydrogens (primary N) is 1. The van der Waals surface area contributed by atoms with Gasteiger partial charge < -0.3 is 5.73 Å². The van der Waals surface area contributed by atoms with Crippen molar-refractivity contribution in [3.63, 3.8) is 0 Å². The zero-order valence-corrected chi connectivity index (χ0v) is 10.6. The summed E-state index contributed by atoms with van der Waals surface area (Å²) in [5.41, 5.74) is 7.99. The topological polar surface area (TPSA) is 69.6 Å². The van der Waals surface area contributed by atoms with Crippen LogP contribution in [0.5, 0.6) is 0 Å². The number of anilines is 1. The lowest BCUT2D eigenvalue weighted by Gasteiger charge is -2.08. The van der Waals surface area contributed by atoms with E-state index in [1.165, 1.54) is 0 Å². The van der Waals surface area contributed by atoms with E-state index in [2.05, 4.69) is 15.5 Å². The van der Waals surface area contributed by atoms with E-state index >= 15 is 0 Å². The number of nitrogen functional groups attached to an aromatic ring is 1. The Morgan fingerprint density at radius 3 is 2.53 bits per heavy atom. The molecule has 0 aliphatic carbocycles. The summed E-state index contributed by atoms with van der Waals surface area (Å²) in [6.07, 6.45) is 0. The Morgan fingerprint density at radius 2 is 1.79 bits per heavy atom. The van der Waals surface area contributed by atoms with Crippen LogP contribution in [0, 0.1) is 0 Å². The molecule has 94 valence electrons. The molecule has 0 fully saturated rings. The number of halogens is 1. The molecule has 5 nitrogen and oxygen atoms in total. The van der Waals surface area contributed by atoms with Crippen LogP contribution in [0.25, 0.3) is 17.1 Å². The monoisotopic (exact) mass is 271 g/mol. The van der Waals surface area contributed by atoms with Crippen LogP contribution in [-0.4, -0.2) is 20.2 Å². The van der Waals surface area contributed by atoms with Gasteiger partial charge in [-0.15, -0.1) is 5.10 Å². The average molecular weight is 272 g/mol. The highest BCUT2D eigenvalue weighted by molar-refractivity contribution is 6.33. The third-order valence-electron chi connectivity index (χ3n) is 2.74. The Hall–Kier alpha value is -2.40. The fourth-order valence-electron chi connectivity index (χ4n) is 1.86. The van der Waals surface area contributed by atoms with Gasteiger partial charge in [0, 0.05) is 5.69 Å². The van der Waals surface area contributed by atoms with Crippen molar-refractivity contribution in [3.8, 4) is 17.1 Å². The number of rotatable bonds is 2. The number of aromatic nitrogens is 4. The van der Waals surface area contributed by atoms with Gasteiger partial charge in [-0.25, -0.2) is 0 Å². The van der Waals surface area contributed by atoms with Crippen LogP contribution >= 0.6 is 11.6 Å². The first kappa shape index (κ1) is 11.7. The molecule has 0 saturated heterocycles. The molecule has 19 heavy (non-hydrogen) atoms. The summed E-state index contributed by atoms with van der Waals surface area (Å²) in [7, 11) is 0. The molecule has 3 aromatic rings. The van der Waals surface area contributed by atoms with E-state index in [1.54, 1.807) is 22.9 Å². The van der Waals surface area contributed by atoms with Gasteiger partial charge in [-0.3, -0.25) is 0 Å². The van der Waals surface area contributed by atoms with Gasteiger partial charge in [-0.1, -0.05) is 35.9 Å². The molecular weight excluding hydrogens is 262 g/mol. The van der Waals surface area contributed by atoms with Gasteiger partial charge in [0.2, 0.25) is 0 Å². The number of benzene rings is 2. The van der Waals surface area contributed by atoms with Crippen LogP contribution in [0.15, 0.2) is 48.5 Å². The van der Waals surface area contributed by atoms with Gasteiger partial charge in [0.15, 0.2) is 5.82 Å². The van der Waals surface area contributed by atoms with Gasteiger partial charge >= 0.3 is 0 Å². The quantitative estimate of drug-likeness (QED) is 0.727. The summed E-state index contributed by atoms with van der Waals surface area (Å²) in [6.45, 7) is 0. The number of hydrogen-bond acceptors (Lipinski definition) is 4. The molecule has 0 atom stereocenters. The Labute approximate surface area is 114 Å². The lowest BCUT2D eigenvalue weighted by atomic mass is 10.1. The fraction of sp³-hybridized carbons (Fsp3) is 0. The summed E-state index contributed by atoms with van der Waals surface area (Å²) < 4.78 is 1.61. The molecule has 0 unspecified atom stereocenters. The normalized spacial score (nSPS) is 10.6. The van der Waals surface area contributed by atoms with Crippen LogP contribution in [-0.2, 0) is 0 Å². The second kappa shape index (κ2) is 4.70. The second-order valence-corrected chi connectivity index (χ2v) is 4.36. The molecule has 0 amide bonds. The Balaban J connectivity index is 2.21. The zero-order valence-electron chi connectivity index (χ0n) is 9.86. The van der Waals surface area contributed by atoms with Gasteiger partial charge in [0.1, 0.15) is 0 Å². The Kier molecular flexibility index (Phi) is 2.89. The van der Waals surface area contributed by atoms with Gasteiger partial charge in [-0.2, -0.15) is 4.68 Å². The molecule has 2 aromatic carbocycles. The predicted molar refractivity (Wildman–Crippen MR) is 74.0 cm³/mol. The van der Waals surface area contributed by atoms with E-state index < -0.39 is 0 Å². The molecule has 0 aliphatic heterocycles. The molecular formula is C13H10ClN5. The molecule has 1 aromatic heterocycles. The third-order valence-corrected chi connectivity index (χ3v) is 3.05. The van der Waals surface area contributed by atoms with Gasteiger partial charge in [-0.05, 0) is 34.7 Å². The van der Waals surface area contributed by atoms with Crippen molar-refractivity contribution in [2.45, 2.75) is 0 Å². The van der Waals surface area contributed by atoms with Crippen LogP contribution < -0.4 is 5.73 Å². The zero-order chi connectivity index (χ0) is 13.2. The van der Waals surface area contributed by atoms with Crippen LogP contribution in [0.1, 0.15) is 0 Å². The van der Waals surface area contributed by atoms with Crippen molar-refractivity contribution in [2.75, 3.05) is 5.73 Å². The molecule has 0 saturated carbocycles. The van der Waals surface area contributed by atoms with E-state index in [9.17, 15) is 0 Å². The standard InChI is InChI=1S/C13H10ClN5/c14-10-7-4-8-11(15)12(10)13-16-17-18-19(13)9-5-2-1-3-6-9/h1-8H,15H2. The lowest BCUT2D eigenvalue weighted by Crippen LogP contribution is -2.01. The minimum atomic E-state index is 0.520. The van der Waals surface area contributed by atoms with Crippen molar-refractivity contribution < 1.29 is 0 Å². The minimum Gasteiger partial charge on any atom is -0.398 e. The van der Waals surface area contributed by atoms with Crippen molar-refractivity contribution in [1.29, 1.82) is 0 Å². The number of tetrazole rings is 1. The highest BCUT2D eigenvalue weighted by atomic mass is 35.5. The van der Waals surface area contributed by atoms with Crippen LogP contribution in [0.3, 0.4) is 0 Å².